The summed E-state index contributed by atoms with van der Waals surface area (Å²) in [4.78, 5) is 30.9. The molecular formula is C17H16ClN5O. The maximum atomic E-state index is 12.9. The number of rotatable bonds is 1. The summed E-state index contributed by atoms with van der Waals surface area (Å²) in [5.41, 5.74) is 3.39. The van der Waals surface area contributed by atoms with Crippen LogP contribution in [0, 0.1) is 6.92 Å². The van der Waals surface area contributed by atoms with Crippen molar-refractivity contribution in [2.45, 2.75) is 26.3 Å². The second-order valence-corrected chi connectivity index (χ2v) is 6.37. The van der Waals surface area contributed by atoms with E-state index < -0.39 is 0 Å². The lowest BCUT2D eigenvalue weighted by Gasteiger charge is -2.33. The zero-order valence-electron chi connectivity index (χ0n) is 13.4. The molecule has 1 aliphatic heterocycles. The quantitative estimate of drug-likeness (QED) is 0.738. The predicted molar refractivity (Wildman–Crippen MR) is 91.0 cm³/mol. The highest BCUT2D eigenvalue weighted by Crippen LogP contribution is 2.29. The maximum absolute atomic E-state index is 12.9. The van der Waals surface area contributed by atoms with Crippen molar-refractivity contribution in [2.24, 2.45) is 0 Å². The molecule has 0 fully saturated rings. The summed E-state index contributed by atoms with van der Waals surface area (Å²) in [5, 5.41) is 0.531. The number of hydrogen-bond acceptors (Lipinski definition) is 4. The van der Waals surface area contributed by atoms with Crippen molar-refractivity contribution in [3.63, 3.8) is 0 Å². The standard InChI is InChI=1S/C17H16ClN5O/c1-9-11-8-19-10(2)20-13(11)6-7-23(9)17(24)16-21-14-5-3-4-12(18)15(14)22-16/h3-5,8-9H,6-7H2,1-2H3,(H,21,22). The topological polar surface area (TPSA) is 74.8 Å². The Morgan fingerprint density at radius 2 is 2.21 bits per heavy atom. The van der Waals surface area contributed by atoms with Crippen LogP contribution in [0.4, 0.5) is 0 Å². The monoisotopic (exact) mass is 341 g/mol. The first-order chi connectivity index (χ1) is 11.5. The minimum atomic E-state index is -0.138. The van der Waals surface area contributed by atoms with Crippen LogP contribution in [0.1, 0.15) is 40.7 Å². The molecule has 4 rings (SSSR count). The van der Waals surface area contributed by atoms with Crippen LogP contribution >= 0.6 is 11.6 Å². The summed E-state index contributed by atoms with van der Waals surface area (Å²) in [6.07, 6.45) is 2.53. The van der Waals surface area contributed by atoms with E-state index in [1.54, 1.807) is 11.0 Å². The Bertz CT molecular complexity index is 951. The Kier molecular flexibility index (Phi) is 3.49. The van der Waals surface area contributed by atoms with Crippen molar-refractivity contribution in [3.8, 4) is 0 Å². The van der Waals surface area contributed by atoms with Gasteiger partial charge in [0.05, 0.1) is 22.3 Å². The number of carbonyl (C=O) groups excluding carboxylic acids is 1. The van der Waals surface area contributed by atoms with Gasteiger partial charge in [0.2, 0.25) is 0 Å². The van der Waals surface area contributed by atoms with Gasteiger partial charge in [-0.15, -0.1) is 0 Å². The molecule has 1 unspecified atom stereocenters. The normalized spacial score (nSPS) is 17.1. The van der Waals surface area contributed by atoms with Gasteiger partial charge in [-0.1, -0.05) is 17.7 Å². The van der Waals surface area contributed by atoms with Gasteiger partial charge in [-0.25, -0.2) is 15.0 Å². The third-order valence-corrected chi connectivity index (χ3v) is 4.76. The van der Waals surface area contributed by atoms with Gasteiger partial charge in [0, 0.05) is 24.7 Å². The van der Waals surface area contributed by atoms with Crippen molar-refractivity contribution in [1.29, 1.82) is 0 Å². The van der Waals surface area contributed by atoms with Gasteiger partial charge in [-0.05, 0) is 26.0 Å². The number of aromatic amines is 1. The largest absolute Gasteiger partial charge is 0.334 e. The first-order valence-electron chi connectivity index (χ1n) is 7.82. The number of carbonyl (C=O) groups is 1. The van der Waals surface area contributed by atoms with E-state index >= 15 is 0 Å². The van der Waals surface area contributed by atoms with Crippen LogP contribution in [0.2, 0.25) is 5.02 Å². The van der Waals surface area contributed by atoms with Gasteiger partial charge in [-0.3, -0.25) is 4.79 Å². The number of para-hydroxylation sites is 1. The van der Waals surface area contributed by atoms with E-state index in [-0.39, 0.29) is 11.9 Å². The molecule has 0 spiro atoms. The smallest absolute Gasteiger partial charge is 0.290 e. The van der Waals surface area contributed by atoms with Crippen molar-refractivity contribution in [3.05, 3.63) is 52.3 Å². The number of amides is 1. The predicted octanol–water partition coefficient (Wildman–Crippen LogP) is 3.07. The number of aromatic nitrogens is 4. The van der Waals surface area contributed by atoms with Gasteiger partial charge in [0.1, 0.15) is 11.3 Å². The number of halogens is 1. The second-order valence-electron chi connectivity index (χ2n) is 5.97. The highest BCUT2D eigenvalue weighted by Gasteiger charge is 2.31. The van der Waals surface area contributed by atoms with Crippen LogP contribution in [0.25, 0.3) is 11.0 Å². The van der Waals surface area contributed by atoms with E-state index in [9.17, 15) is 4.79 Å². The molecule has 0 aliphatic carbocycles. The third kappa shape index (κ3) is 2.34. The summed E-state index contributed by atoms with van der Waals surface area (Å²) in [7, 11) is 0. The molecule has 0 saturated carbocycles. The Balaban J connectivity index is 1.69. The molecule has 0 saturated heterocycles. The fourth-order valence-corrected chi connectivity index (χ4v) is 3.39. The van der Waals surface area contributed by atoms with Crippen LogP contribution in [0.5, 0.6) is 0 Å². The molecule has 6 nitrogen and oxygen atoms in total. The minimum absolute atomic E-state index is 0.0921. The van der Waals surface area contributed by atoms with Crippen LogP contribution < -0.4 is 0 Å². The molecule has 3 heterocycles. The molecular weight excluding hydrogens is 326 g/mol. The fourth-order valence-electron chi connectivity index (χ4n) is 3.18. The number of imidazole rings is 1. The summed E-state index contributed by atoms with van der Waals surface area (Å²) < 4.78 is 0. The number of nitrogens with zero attached hydrogens (tertiary/aromatic N) is 4. The molecule has 1 atom stereocenters. The number of benzene rings is 1. The molecule has 1 amide bonds. The molecule has 1 N–H and O–H groups in total. The lowest BCUT2D eigenvalue weighted by Crippen LogP contribution is -2.39. The maximum Gasteiger partial charge on any atom is 0.290 e. The van der Waals surface area contributed by atoms with Crippen molar-refractivity contribution in [2.75, 3.05) is 6.54 Å². The van der Waals surface area contributed by atoms with Gasteiger partial charge >= 0.3 is 0 Å². The van der Waals surface area contributed by atoms with Crippen molar-refractivity contribution in [1.82, 2.24) is 24.8 Å². The lowest BCUT2D eigenvalue weighted by atomic mass is 9.99. The van der Waals surface area contributed by atoms with Gasteiger partial charge in [-0.2, -0.15) is 0 Å². The van der Waals surface area contributed by atoms with Crippen LogP contribution in [0.3, 0.4) is 0 Å². The van der Waals surface area contributed by atoms with Crippen molar-refractivity contribution >= 4 is 28.5 Å². The highest BCUT2D eigenvalue weighted by atomic mass is 35.5. The van der Waals surface area contributed by atoms with Crippen LogP contribution in [0.15, 0.2) is 24.4 Å². The lowest BCUT2D eigenvalue weighted by molar-refractivity contribution is 0.0664. The summed E-state index contributed by atoms with van der Waals surface area (Å²) in [6.45, 7) is 4.47. The minimum Gasteiger partial charge on any atom is -0.334 e. The molecule has 2 aromatic heterocycles. The molecule has 3 aromatic rings. The van der Waals surface area contributed by atoms with E-state index in [1.807, 2.05) is 32.2 Å². The zero-order chi connectivity index (χ0) is 16.8. The summed E-state index contributed by atoms with van der Waals surface area (Å²) in [5.74, 6) is 0.926. The molecule has 1 aromatic carbocycles. The molecule has 0 radical (unpaired) electrons. The Morgan fingerprint density at radius 1 is 1.38 bits per heavy atom. The summed E-state index contributed by atoms with van der Waals surface area (Å²) >= 11 is 6.15. The average Bonchev–Trinajstić information content (AvgIpc) is 3.00. The van der Waals surface area contributed by atoms with Gasteiger partial charge < -0.3 is 9.88 Å². The fraction of sp³-hybridized carbons (Fsp3) is 0.294. The molecule has 1 aliphatic rings. The van der Waals surface area contributed by atoms with Gasteiger partial charge in [0.25, 0.3) is 5.91 Å². The highest BCUT2D eigenvalue weighted by molar-refractivity contribution is 6.35. The van der Waals surface area contributed by atoms with E-state index in [0.29, 0.717) is 22.9 Å². The van der Waals surface area contributed by atoms with Crippen LogP contribution in [-0.2, 0) is 6.42 Å². The number of nitrogens with one attached hydrogen (secondary N) is 1. The van der Waals surface area contributed by atoms with E-state index in [2.05, 4.69) is 19.9 Å². The number of H-pyrrole nitrogens is 1. The van der Waals surface area contributed by atoms with E-state index in [1.165, 1.54) is 0 Å². The van der Waals surface area contributed by atoms with E-state index in [0.717, 1.165) is 29.0 Å². The SMILES string of the molecule is Cc1ncc2c(n1)CCN(C(=O)c1nc3c(Cl)cccc3[nH]1)C2C. The van der Waals surface area contributed by atoms with Gasteiger partial charge in [0.15, 0.2) is 5.82 Å². The first-order valence-corrected chi connectivity index (χ1v) is 8.20. The Labute approximate surface area is 143 Å². The number of fused-ring (bicyclic) bond motifs is 2. The Morgan fingerprint density at radius 3 is 3.00 bits per heavy atom. The van der Waals surface area contributed by atoms with E-state index in [4.69, 9.17) is 11.6 Å². The second kappa shape index (κ2) is 5.56. The molecule has 0 bridgehead atoms. The zero-order valence-corrected chi connectivity index (χ0v) is 14.1. The summed E-state index contributed by atoms with van der Waals surface area (Å²) in [6, 6.07) is 5.36. The number of aryl methyl sites for hydroxylation is 1. The molecule has 7 heteroatoms. The Hall–Kier alpha value is -2.47. The third-order valence-electron chi connectivity index (χ3n) is 4.45. The van der Waals surface area contributed by atoms with Crippen molar-refractivity contribution < 1.29 is 4.79 Å². The number of hydrogen-bond donors (Lipinski definition) is 1. The van der Waals surface area contributed by atoms with Crippen LogP contribution in [-0.4, -0.2) is 37.3 Å². The molecule has 122 valence electrons. The molecule has 24 heavy (non-hydrogen) atoms. The average molecular weight is 342 g/mol. The first kappa shape index (κ1) is 15.1.